The molecule has 1 saturated heterocycles. The third kappa shape index (κ3) is 4.04. The molecule has 1 heterocycles. The van der Waals surface area contributed by atoms with E-state index in [1.165, 1.54) is 5.57 Å². The molecule has 0 bridgehead atoms. The molecule has 7 heteroatoms. The average molecular weight is 396 g/mol. The van der Waals surface area contributed by atoms with E-state index in [0.29, 0.717) is 17.4 Å². The topological polar surface area (TPSA) is 116 Å². The maximum Gasteiger partial charge on any atom is 0.336 e. The zero-order chi connectivity index (χ0) is 20.6. The summed E-state index contributed by atoms with van der Waals surface area (Å²) in [5, 5.41) is 39.1. The van der Waals surface area contributed by atoms with Gasteiger partial charge in [0.1, 0.15) is 24.4 Å². The highest BCUT2D eigenvalue weighted by molar-refractivity contribution is 5.88. The Hall–Kier alpha value is -1.25. The van der Waals surface area contributed by atoms with Crippen molar-refractivity contribution < 1.29 is 34.7 Å². The summed E-state index contributed by atoms with van der Waals surface area (Å²) in [5.41, 5.74) is 1.67. The summed E-state index contributed by atoms with van der Waals surface area (Å²) in [5.74, 6) is 0.638. The lowest BCUT2D eigenvalue weighted by atomic mass is 9.61. The smallest absolute Gasteiger partial charge is 0.336 e. The van der Waals surface area contributed by atoms with Gasteiger partial charge in [-0.2, -0.15) is 0 Å². The average Bonchev–Trinajstić information content (AvgIpc) is 2.68. The molecule has 4 N–H and O–H groups in total. The molecule has 158 valence electrons. The summed E-state index contributed by atoms with van der Waals surface area (Å²) in [6.07, 6.45) is -0.948. The second kappa shape index (κ2) is 8.63. The minimum atomic E-state index is -1.61. The van der Waals surface area contributed by atoms with Gasteiger partial charge in [0.2, 0.25) is 6.29 Å². The van der Waals surface area contributed by atoms with Crippen LogP contribution in [-0.2, 0) is 14.3 Å². The van der Waals surface area contributed by atoms with Gasteiger partial charge in [0.25, 0.3) is 0 Å². The normalized spacial score (nSPS) is 43.6. The van der Waals surface area contributed by atoms with E-state index >= 15 is 0 Å². The quantitative estimate of drug-likeness (QED) is 0.317. The van der Waals surface area contributed by atoms with Crippen LogP contribution in [0.2, 0.25) is 0 Å². The lowest BCUT2D eigenvalue weighted by Gasteiger charge is -2.44. The highest BCUT2D eigenvalue weighted by atomic mass is 16.7. The van der Waals surface area contributed by atoms with E-state index in [2.05, 4.69) is 26.5 Å². The number of fused-ring (bicyclic) bond motifs is 1. The van der Waals surface area contributed by atoms with Gasteiger partial charge < -0.3 is 29.9 Å². The van der Waals surface area contributed by atoms with E-state index in [0.717, 1.165) is 25.7 Å². The van der Waals surface area contributed by atoms with Gasteiger partial charge in [-0.3, -0.25) is 0 Å². The van der Waals surface area contributed by atoms with Crippen LogP contribution in [0.5, 0.6) is 0 Å². The fraction of sp³-hybridized carbons (Fsp3) is 0.762. The van der Waals surface area contributed by atoms with Gasteiger partial charge in [0, 0.05) is 5.57 Å². The van der Waals surface area contributed by atoms with Gasteiger partial charge >= 0.3 is 5.97 Å². The van der Waals surface area contributed by atoms with Crippen LogP contribution in [0, 0.1) is 23.7 Å². The second-order valence-corrected chi connectivity index (χ2v) is 8.58. The fourth-order valence-electron chi connectivity index (χ4n) is 4.95. The Labute approximate surface area is 165 Å². The number of ether oxygens (including phenoxy) is 2. The monoisotopic (exact) mass is 396 g/mol. The molecule has 0 amide bonds. The van der Waals surface area contributed by atoms with Gasteiger partial charge in [-0.1, -0.05) is 25.2 Å². The molecule has 1 aliphatic heterocycles. The lowest BCUT2D eigenvalue weighted by molar-refractivity contribution is -0.291. The predicted molar refractivity (Wildman–Crippen MR) is 101 cm³/mol. The first-order chi connectivity index (χ1) is 13.2. The molecule has 0 aromatic rings. The van der Waals surface area contributed by atoms with E-state index in [1.54, 1.807) is 0 Å². The number of carbonyl (C=O) groups is 1. The number of aliphatic hydroxyl groups is 4. The molecule has 2 fully saturated rings. The van der Waals surface area contributed by atoms with Gasteiger partial charge in [0.05, 0.1) is 6.61 Å². The molecular weight excluding hydrogens is 364 g/mol. The zero-order valence-electron chi connectivity index (χ0n) is 16.5. The Kier molecular flexibility index (Phi) is 6.61. The molecule has 3 rings (SSSR count). The number of allylic oxidation sites excluding steroid dienone is 2. The molecule has 7 nitrogen and oxygen atoms in total. The molecular formula is C21H32O7. The fourth-order valence-corrected chi connectivity index (χ4v) is 4.95. The summed E-state index contributed by atoms with van der Waals surface area (Å²) in [6.45, 7) is 7.78. The summed E-state index contributed by atoms with van der Waals surface area (Å²) >= 11 is 0. The van der Waals surface area contributed by atoms with Crippen molar-refractivity contribution in [2.75, 3.05) is 6.61 Å². The zero-order valence-corrected chi connectivity index (χ0v) is 16.5. The molecule has 0 radical (unpaired) electrons. The maximum atomic E-state index is 12.7. The Morgan fingerprint density at radius 2 is 1.93 bits per heavy atom. The van der Waals surface area contributed by atoms with Crippen molar-refractivity contribution >= 4 is 5.97 Å². The Bertz CT molecular complexity index is 628. The van der Waals surface area contributed by atoms with Gasteiger partial charge in [-0.25, -0.2) is 4.79 Å². The first-order valence-corrected chi connectivity index (χ1v) is 10.1. The number of carbonyl (C=O) groups excluding carboxylic acids is 1. The van der Waals surface area contributed by atoms with E-state index in [4.69, 9.17) is 9.47 Å². The third-order valence-corrected chi connectivity index (χ3v) is 6.75. The number of hydrogen-bond acceptors (Lipinski definition) is 7. The Morgan fingerprint density at radius 3 is 2.61 bits per heavy atom. The van der Waals surface area contributed by atoms with Crippen LogP contribution >= 0.6 is 0 Å². The summed E-state index contributed by atoms with van der Waals surface area (Å²) in [7, 11) is 0. The third-order valence-electron chi connectivity index (χ3n) is 6.75. The van der Waals surface area contributed by atoms with Gasteiger partial charge in [0.15, 0.2) is 0 Å². The minimum Gasteiger partial charge on any atom is -0.429 e. The molecule has 9 atom stereocenters. The van der Waals surface area contributed by atoms with Crippen LogP contribution in [0.1, 0.15) is 39.5 Å². The second-order valence-electron chi connectivity index (χ2n) is 8.58. The minimum absolute atomic E-state index is 0.0335. The van der Waals surface area contributed by atoms with Crippen molar-refractivity contribution in [2.24, 2.45) is 23.7 Å². The van der Waals surface area contributed by atoms with Crippen molar-refractivity contribution in [3.63, 3.8) is 0 Å². The van der Waals surface area contributed by atoms with E-state index in [9.17, 15) is 25.2 Å². The molecule has 2 aliphatic carbocycles. The van der Waals surface area contributed by atoms with Crippen LogP contribution in [-0.4, -0.2) is 63.7 Å². The van der Waals surface area contributed by atoms with Crippen LogP contribution in [0.25, 0.3) is 0 Å². The van der Waals surface area contributed by atoms with Crippen molar-refractivity contribution in [1.29, 1.82) is 0 Å². The highest BCUT2D eigenvalue weighted by Gasteiger charge is 2.46. The van der Waals surface area contributed by atoms with Crippen LogP contribution in [0.4, 0.5) is 0 Å². The standard InChI is InChI=1S/C21H32O7/c1-10-4-6-13-11(2)5-7-14(15(13)8-10)12(3)20(26)28-21-19(25)18(24)17(23)16(9-22)27-21/h8,11,13-19,21-25H,3-7,9H2,1-2H3/t11-,13+,14+,15+,16-,17-,18+,19-,21+/m1/s1. The highest BCUT2D eigenvalue weighted by Crippen LogP contribution is 2.47. The van der Waals surface area contributed by atoms with E-state index in [-0.39, 0.29) is 11.8 Å². The molecule has 0 unspecified atom stereocenters. The first-order valence-electron chi connectivity index (χ1n) is 10.1. The summed E-state index contributed by atoms with van der Waals surface area (Å²) in [6, 6.07) is 0. The molecule has 0 aromatic heterocycles. The number of rotatable bonds is 4. The Morgan fingerprint density at radius 1 is 1.21 bits per heavy atom. The molecule has 0 aromatic carbocycles. The summed E-state index contributed by atoms with van der Waals surface area (Å²) in [4.78, 5) is 12.7. The van der Waals surface area contributed by atoms with Gasteiger partial charge in [-0.05, 0) is 56.3 Å². The number of aliphatic hydroxyl groups excluding tert-OH is 4. The molecule has 3 aliphatic rings. The first kappa shape index (κ1) is 21.5. The number of hydrogen-bond donors (Lipinski definition) is 4. The van der Waals surface area contributed by atoms with Crippen molar-refractivity contribution in [3.8, 4) is 0 Å². The van der Waals surface area contributed by atoms with Gasteiger partial charge in [-0.15, -0.1) is 0 Å². The maximum absolute atomic E-state index is 12.7. The van der Waals surface area contributed by atoms with Crippen molar-refractivity contribution in [1.82, 2.24) is 0 Å². The van der Waals surface area contributed by atoms with Crippen LogP contribution in [0.3, 0.4) is 0 Å². The summed E-state index contributed by atoms with van der Waals surface area (Å²) < 4.78 is 10.6. The van der Waals surface area contributed by atoms with E-state index in [1.807, 2.05) is 0 Å². The lowest BCUT2D eigenvalue weighted by Crippen LogP contribution is -2.59. The SMILES string of the molecule is C=C(C(=O)O[C@@H]1O[C@H](CO)[C@@H](O)[C@H](O)[C@H]1O)[C@@H]1CC[C@@H](C)[C@@H]2CCC(C)=C[C@@H]21. The van der Waals surface area contributed by atoms with E-state index < -0.39 is 43.3 Å². The largest absolute Gasteiger partial charge is 0.429 e. The molecule has 0 spiro atoms. The predicted octanol–water partition coefficient (Wildman–Crippen LogP) is 0.904. The van der Waals surface area contributed by atoms with Crippen LogP contribution in [0.15, 0.2) is 23.8 Å². The van der Waals surface area contributed by atoms with Crippen molar-refractivity contribution in [2.45, 2.75) is 70.2 Å². The molecule has 28 heavy (non-hydrogen) atoms. The number of esters is 1. The van der Waals surface area contributed by atoms with Crippen LogP contribution < -0.4 is 0 Å². The van der Waals surface area contributed by atoms with Crippen molar-refractivity contribution in [3.05, 3.63) is 23.8 Å². The Balaban J connectivity index is 1.70. The molecule has 1 saturated carbocycles.